The number of nitrogens with one attached hydrogen (secondary N) is 1. The van der Waals surface area contributed by atoms with Gasteiger partial charge in [-0.2, -0.15) is 5.10 Å². The molecular weight excluding hydrogens is 250 g/mol. The highest BCUT2D eigenvalue weighted by molar-refractivity contribution is 6.31. The minimum Gasteiger partial charge on any atom is -0.496 e. The molecular formula is C13H16ClN3O. The largest absolute Gasteiger partial charge is 0.496 e. The number of rotatable bonds is 3. The molecule has 0 radical (unpaired) electrons. The van der Waals surface area contributed by atoms with Crippen LogP contribution in [0, 0.1) is 0 Å². The molecule has 0 saturated heterocycles. The number of aromatic amines is 1. The molecule has 2 aromatic rings. The Bertz CT molecular complexity index is 563. The number of methoxy groups -OCH3 is 1. The normalized spacial score (nSPS) is 10.9. The first-order chi connectivity index (χ1) is 8.52. The van der Waals surface area contributed by atoms with E-state index in [1.54, 1.807) is 13.2 Å². The van der Waals surface area contributed by atoms with Crippen molar-refractivity contribution in [3.63, 3.8) is 0 Å². The summed E-state index contributed by atoms with van der Waals surface area (Å²) in [5.74, 6) is 1.54. The molecule has 3 N–H and O–H groups in total. The van der Waals surface area contributed by atoms with Gasteiger partial charge in [0.05, 0.1) is 12.8 Å². The maximum atomic E-state index is 6.12. The lowest BCUT2D eigenvalue weighted by Gasteiger charge is -2.16. The molecule has 0 spiro atoms. The average molecular weight is 266 g/mol. The lowest BCUT2D eigenvalue weighted by atomic mass is 9.94. The Hall–Kier alpha value is -1.68. The molecule has 0 aliphatic rings. The van der Waals surface area contributed by atoms with Gasteiger partial charge in [-0.15, -0.1) is 0 Å². The van der Waals surface area contributed by atoms with E-state index < -0.39 is 0 Å². The Morgan fingerprint density at radius 3 is 2.56 bits per heavy atom. The minimum absolute atomic E-state index is 0.303. The van der Waals surface area contributed by atoms with Crippen LogP contribution in [-0.4, -0.2) is 17.3 Å². The number of nitrogen functional groups attached to an aromatic ring is 1. The molecule has 18 heavy (non-hydrogen) atoms. The molecule has 96 valence electrons. The van der Waals surface area contributed by atoms with Gasteiger partial charge in [0, 0.05) is 22.2 Å². The summed E-state index contributed by atoms with van der Waals surface area (Å²) >= 11 is 6.12. The summed E-state index contributed by atoms with van der Waals surface area (Å²) in [7, 11) is 1.64. The number of aromatic nitrogens is 2. The van der Waals surface area contributed by atoms with E-state index in [4.69, 9.17) is 22.1 Å². The van der Waals surface area contributed by atoms with Gasteiger partial charge < -0.3 is 10.5 Å². The number of H-pyrrole nitrogens is 1. The summed E-state index contributed by atoms with van der Waals surface area (Å²) in [5, 5.41) is 7.48. The van der Waals surface area contributed by atoms with Crippen molar-refractivity contribution in [3.05, 3.63) is 28.8 Å². The fourth-order valence-corrected chi connectivity index (χ4v) is 2.26. The van der Waals surface area contributed by atoms with E-state index >= 15 is 0 Å². The third kappa shape index (κ3) is 2.29. The predicted molar refractivity (Wildman–Crippen MR) is 74.1 cm³/mol. The Labute approximate surface area is 111 Å². The summed E-state index contributed by atoms with van der Waals surface area (Å²) in [5.41, 5.74) is 8.55. The maximum absolute atomic E-state index is 6.12. The van der Waals surface area contributed by atoms with Crippen molar-refractivity contribution in [1.82, 2.24) is 10.2 Å². The number of hydrogen-bond donors (Lipinski definition) is 2. The fraction of sp³-hybridized carbons (Fsp3) is 0.308. The van der Waals surface area contributed by atoms with Crippen molar-refractivity contribution >= 4 is 17.4 Å². The van der Waals surface area contributed by atoms with Gasteiger partial charge in [0.25, 0.3) is 0 Å². The van der Waals surface area contributed by atoms with Crippen LogP contribution in [0.2, 0.25) is 5.02 Å². The topological polar surface area (TPSA) is 63.9 Å². The van der Waals surface area contributed by atoms with Crippen LogP contribution in [0.15, 0.2) is 18.2 Å². The van der Waals surface area contributed by atoms with Gasteiger partial charge in [-0.25, -0.2) is 0 Å². The van der Waals surface area contributed by atoms with Gasteiger partial charge in [0.1, 0.15) is 11.6 Å². The van der Waals surface area contributed by atoms with Crippen molar-refractivity contribution in [1.29, 1.82) is 0 Å². The molecule has 2 rings (SSSR count). The second-order valence-electron chi connectivity index (χ2n) is 4.43. The molecule has 0 atom stereocenters. The van der Waals surface area contributed by atoms with Crippen LogP contribution >= 0.6 is 11.6 Å². The molecule has 4 nitrogen and oxygen atoms in total. The summed E-state index contributed by atoms with van der Waals surface area (Å²) in [6.07, 6.45) is 0. The van der Waals surface area contributed by atoms with Gasteiger partial charge in [0.2, 0.25) is 0 Å². The first-order valence-electron chi connectivity index (χ1n) is 5.71. The second kappa shape index (κ2) is 4.90. The zero-order valence-electron chi connectivity index (χ0n) is 10.6. The lowest BCUT2D eigenvalue weighted by molar-refractivity contribution is 0.408. The summed E-state index contributed by atoms with van der Waals surface area (Å²) < 4.78 is 5.41. The van der Waals surface area contributed by atoms with Gasteiger partial charge in [-0.1, -0.05) is 25.4 Å². The van der Waals surface area contributed by atoms with Crippen LogP contribution in [0.5, 0.6) is 5.75 Å². The van der Waals surface area contributed by atoms with Crippen LogP contribution in [0.25, 0.3) is 11.3 Å². The standard InChI is InChI=1S/C13H16ClN3O/c1-7(2)13-9(10-6-12(15)17-16-10)4-8(14)5-11(13)18-3/h4-7H,1-3H3,(H3,15,16,17). The molecule has 0 bridgehead atoms. The quantitative estimate of drug-likeness (QED) is 0.893. The summed E-state index contributed by atoms with van der Waals surface area (Å²) in [4.78, 5) is 0. The Morgan fingerprint density at radius 1 is 1.33 bits per heavy atom. The van der Waals surface area contributed by atoms with Crippen LogP contribution in [0.1, 0.15) is 25.3 Å². The number of nitrogens with zero attached hydrogens (tertiary/aromatic N) is 1. The van der Waals surface area contributed by atoms with Crippen molar-refractivity contribution < 1.29 is 4.74 Å². The first kappa shape index (κ1) is 12.8. The van der Waals surface area contributed by atoms with E-state index in [2.05, 4.69) is 24.0 Å². The SMILES string of the molecule is COc1cc(Cl)cc(-c2cc(N)n[nH]2)c1C(C)C. The maximum Gasteiger partial charge on any atom is 0.145 e. The fourth-order valence-electron chi connectivity index (χ4n) is 2.06. The van der Waals surface area contributed by atoms with E-state index in [-0.39, 0.29) is 0 Å². The molecule has 0 saturated carbocycles. The summed E-state index contributed by atoms with van der Waals surface area (Å²) in [6.45, 7) is 4.21. The Kier molecular flexibility index (Phi) is 3.48. The highest BCUT2D eigenvalue weighted by atomic mass is 35.5. The Balaban J connectivity index is 2.68. The smallest absolute Gasteiger partial charge is 0.145 e. The van der Waals surface area contributed by atoms with Crippen molar-refractivity contribution in [2.45, 2.75) is 19.8 Å². The number of anilines is 1. The number of benzene rings is 1. The number of halogens is 1. The van der Waals surface area contributed by atoms with Crippen LogP contribution in [0.4, 0.5) is 5.82 Å². The number of ether oxygens (including phenoxy) is 1. The molecule has 1 aromatic heterocycles. The average Bonchev–Trinajstić information content (AvgIpc) is 2.74. The Morgan fingerprint density at radius 2 is 2.06 bits per heavy atom. The summed E-state index contributed by atoms with van der Waals surface area (Å²) in [6, 6.07) is 5.50. The number of hydrogen-bond acceptors (Lipinski definition) is 3. The molecule has 1 heterocycles. The zero-order valence-corrected chi connectivity index (χ0v) is 11.4. The highest BCUT2D eigenvalue weighted by Gasteiger charge is 2.17. The molecule has 0 unspecified atom stereocenters. The van der Waals surface area contributed by atoms with Gasteiger partial charge in [-0.05, 0) is 18.1 Å². The van der Waals surface area contributed by atoms with Crippen molar-refractivity contribution in [2.24, 2.45) is 0 Å². The number of nitrogens with two attached hydrogens (primary N) is 1. The van der Waals surface area contributed by atoms with Gasteiger partial charge >= 0.3 is 0 Å². The van der Waals surface area contributed by atoms with E-state index in [0.29, 0.717) is 16.8 Å². The molecule has 0 fully saturated rings. The third-order valence-electron chi connectivity index (χ3n) is 2.79. The van der Waals surface area contributed by atoms with Crippen LogP contribution in [0.3, 0.4) is 0 Å². The van der Waals surface area contributed by atoms with Crippen molar-refractivity contribution in [3.8, 4) is 17.0 Å². The molecule has 1 aromatic carbocycles. The van der Waals surface area contributed by atoms with Crippen molar-refractivity contribution in [2.75, 3.05) is 12.8 Å². The monoisotopic (exact) mass is 265 g/mol. The lowest BCUT2D eigenvalue weighted by Crippen LogP contribution is -1.98. The third-order valence-corrected chi connectivity index (χ3v) is 3.01. The van der Waals surface area contributed by atoms with Crippen LogP contribution in [-0.2, 0) is 0 Å². The zero-order chi connectivity index (χ0) is 13.3. The second-order valence-corrected chi connectivity index (χ2v) is 4.87. The van der Waals surface area contributed by atoms with Crippen LogP contribution < -0.4 is 10.5 Å². The van der Waals surface area contributed by atoms with E-state index in [1.807, 2.05) is 12.1 Å². The van der Waals surface area contributed by atoms with Gasteiger partial charge in [-0.3, -0.25) is 5.10 Å². The predicted octanol–water partition coefficient (Wildman–Crippen LogP) is 3.44. The van der Waals surface area contributed by atoms with E-state index in [1.165, 1.54) is 0 Å². The molecule has 0 aliphatic heterocycles. The van der Waals surface area contributed by atoms with E-state index in [9.17, 15) is 0 Å². The highest BCUT2D eigenvalue weighted by Crippen LogP contribution is 2.38. The molecule has 5 heteroatoms. The first-order valence-corrected chi connectivity index (χ1v) is 6.09. The molecule has 0 aliphatic carbocycles. The molecule has 0 amide bonds. The van der Waals surface area contributed by atoms with E-state index in [0.717, 1.165) is 22.6 Å². The van der Waals surface area contributed by atoms with Gasteiger partial charge in [0.15, 0.2) is 0 Å². The minimum atomic E-state index is 0.303.